The number of rotatable bonds is 8. The first-order chi connectivity index (χ1) is 13.8. The van der Waals surface area contributed by atoms with E-state index in [4.69, 9.17) is 32.7 Å². The van der Waals surface area contributed by atoms with Gasteiger partial charge in [-0.15, -0.1) is 0 Å². The Morgan fingerprint density at radius 2 is 1.28 bits per heavy atom. The Morgan fingerprint density at radius 1 is 0.828 bits per heavy atom. The fourth-order valence-electron chi connectivity index (χ4n) is 3.42. The SMILES string of the molecule is CC[C@@H](C(=O)c1ccc(Cl)cc1)[C@@H](c1ccc(Cl)cc1)C(C(=O)OC)C(=O)OC. The molecule has 0 aliphatic carbocycles. The number of benzene rings is 2. The van der Waals surface area contributed by atoms with Gasteiger partial charge in [-0.1, -0.05) is 42.3 Å². The molecule has 0 heterocycles. The van der Waals surface area contributed by atoms with Gasteiger partial charge in [0.05, 0.1) is 14.2 Å². The topological polar surface area (TPSA) is 69.7 Å². The lowest BCUT2D eigenvalue weighted by Crippen LogP contribution is -2.38. The first-order valence-corrected chi connectivity index (χ1v) is 9.80. The summed E-state index contributed by atoms with van der Waals surface area (Å²) in [5, 5.41) is 1.00. The van der Waals surface area contributed by atoms with Gasteiger partial charge in [-0.05, 0) is 48.4 Å². The molecule has 2 aromatic rings. The third-order valence-electron chi connectivity index (χ3n) is 4.86. The predicted molar refractivity (Wildman–Crippen MR) is 111 cm³/mol. The molecule has 0 unspecified atom stereocenters. The van der Waals surface area contributed by atoms with Crippen LogP contribution in [0, 0.1) is 11.8 Å². The highest BCUT2D eigenvalue weighted by Gasteiger charge is 2.44. The Hall–Kier alpha value is -2.37. The number of hydrogen-bond acceptors (Lipinski definition) is 5. The average molecular weight is 437 g/mol. The van der Waals surface area contributed by atoms with Gasteiger partial charge in [-0.2, -0.15) is 0 Å². The smallest absolute Gasteiger partial charge is 0.320 e. The molecule has 0 N–H and O–H groups in total. The highest BCUT2D eigenvalue weighted by molar-refractivity contribution is 6.31. The minimum atomic E-state index is -1.30. The van der Waals surface area contributed by atoms with Crippen LogP contribution in [0.2, 0.25) is 10.0 Å². The second-order valence-electron chi connectivity index (χ2n) is 6.49. The molecule has 7 heteroatoms. The molecule has 0 amide bonds. The fourth-order valence-corrected chi connectivity index (χ4v) is 3.67. The van der Waals surface area contributed by atoms with Crippen LogP contribution in [0.25, 0.3) is 0 Å². The quantitative estimate of drug-likeness (QED) is 0.332. The van der Waals surface area contributed by atoms with Crippen molar-refractivity contribution in [3.8, 4) is 0 Å². The summed E-state index contributed by atoms with van der Waals surface area (Å²) in [5.74, 6) is -4.51. The van der Waals surface area contributed by atoms with Gasteiger partial charge in [0.2, 0.25) is 0 Å². The van der Waals surface area contributed by atoms with E-state index < -0.39 is 29.7 Å². The van der Waals surface area contributed by atoms with Crippen LogP contribution in [-0.4, -0.2) is 31.9 Å². The summed E-state index contributed by atoms with van der Waals surface area (Å²) in [6, 6.07) is 13.2. The third kappa shape index (κ3) is 5.37. The molecule has 0 bridgehead atoms. The highest BCUT2D eigenvalue weighted by atomic mass is 35.5. The summed E-state index contributed by atoms with van der Waals surface area (Å²) < 4.78 is 9.73. The molecule has 2 atom stereocenters. The number of methoxy groups -OCH3 is 2. The largest absolute Gasteiger partial charge is 0.468 e. The molecular weight excluding hydrogens is 415 g/mol. The van der Waals surface area contributed by atoms with Crippen molar-refractivity contribution >= 4 is 40.9 Å². The van der Waals surface area contributed by atoms with E-state index in [2.05, 4.69) is 0 Å². The van der Waals surface area contributed by atoms with E-state index in [1.54, 1.807) is 48.5 Å². The lowest BCUT2D eigenvalue weighted by molar-refractivity contribution is -0.160. The molecule has 5 nitrogen and oxygen atoms in total. The molecule has 0 radical (unpaired) electrons. The number of Topliss-reactive ketones (excluding diaryl/α,β-unsaturated/α-hetero) is 1. The van der Waals surface area contributed by atoms with Gasteiger partial charge in [0, 0.05) is 27.4 Å². The third-order valence-corrected chi connectivity index (χ3v) is 5.37. The highest BCUT2D eigenvalue weighted by Crippen LogP contribution is 2.38. The van der Waals surface area contributed by atoms with Gasteiger partial charge in [-0.25, -0.2) is 0 Å². The average Bonchev–Trinajstić information content (AvgIpc) is 2.73. The number of esters is 2. The van der Waals surface area contributed by atoms with Crippen molar-refractivity contribution in [1.82, 2.24) is 0 Å². The van der Waals surface area contributed by atoms with Crippen LogP contribution in [0.4, 0.5) is 0 Å². The van der Waals surface area contributed by atoms with Gasteiger partial charge in [0.25, 0.3) is 0 Å². The Balaban J connectivity index is 2.60. The molecule has 154 valence electrons. The monoisotopic (exact) mass is 436 g/mol. The zero-order chi connectivity index (χ0) is 21.6. The van der Waals surface area contributed by atoms with Crippen molar-refractivity contribution in [1.29, 1.82) is 0 Å². The first-order valence-electron chi connectivity index (χ1n) is 9.04. The van der Waals surface area contributed by atoms with Gasteiger partial charge < -0.3 is 9.47 Å². The van der Waals surface area contributed by atoms with Crippen LogP contribution >= 0.6 is 23.2 Å². The summed E-state index contributed by atoms with van der Waals surface area (Å²) >= 11 is 11.9. The minimum Gasteiger partial charge on any atom is -0.468 e. The van der Waals surface area contributed by atoms with Crippen molar-refractivity contribution in [2.24, 2.45) is 11.8 Å². The van der Waals surface area contributed by atoms with Crippen LogP contribution in [0.5, 0.6) is 0 Å². The van der Waals surface area contributed by atoms with Crippen LogP contribution in [-0.2, 0) is 19.1 Å². The fraction of sp³-hybridized carbons (Fsp3) is 0.318. The maximum absolute atomic E-state index is 13.3. The zero-order valence-corrected chi connectivity index (χ0v) is 17.9. The standard InChI is InChI=1S/C22H22Cl2O5/c1-4-17(20(25)14-7-11-16(24)12-8-14)18(13-5-9-15(23)10-6-13)19(21(26)28-2)22(27)29-3/h5-12,17-19H,4H2,1-3H3/t17-,18-/m1/s1. The summed E-state index contributed by atoms with van der Waals surface area (Å²) in [6.45, 7) is 1.83. The summed E-state index contributed by atoms with van der Waals surface area (Å²) in [4.78, 5) is 38.4. The van der Waals surface area contributed by atoms with Crippen LogP contribution in [0.1, 0.15) is 35.2 Å². The van der Waals surface area contributed by atoms with E-state index in [-0.39, 0.29) is 5.78 Å². The molecule has 0 saturated heterocycles. The maximum Gasteiger partial charge on any atom is 0.320 e. The van der Waals surface area contributed by atoms with E-state index in [0.717, 1.165) is 0 Å². The predicted octanol–water partition coefficient (Wildman–Crippen LogP) is 4.95. The molecule has 29 heavy (non-hydrogen) atoms. The number of carbonyl (C=O) groups excluding carboxylic acids is 3. The normalized spacial score (nSPS) is 12.9. The lowest BCUT2D eigenvalue weighted by Gasteiger charge is -2.30. The van der Waals surface area contributed by atoms with Gasteiger partial charge in [-0.3, -0.25) is 14.4 Å². The van der Waals surface area contributed by atoms with Crippen LogP contribution in [0.3, 0.4) is 0 Å². The summed E-state index contributed by atoms with van der Waals surface area (Å²) in [6.07, 6.45) is 0.388. The van der Waals surface area contributed by atoms with Crippen LogP contribution in [0.15, 0.2) is 48.5 Å². The molecule has 2 rings (SSSR count). The summed E-state index contributed by atoms with van der Waals surface area (Å²) in [7, 11) is 2.39. The van der Waals surface area contributed by atoms with Crippen molar-refractivity contribution < 1.29 is 23.9 Å². The van der Waals surface area contributed by atoms with E-state index in [1.807, 2.05) is 6.92 Å². The van der Waals surface area contributed by atoms with E-state index in [9.17, 15) is 14.4 Å². The van der Waals surface area contributed by atoms with E-state index in [0.29, 0.717) is 27.6 Å². The summed E-state index contributed by atoms with van der Waals surface area (Å²) in [5.41, 5.74) is 1.05. The first kappa shape index (κ1) is 22.9. The Kier molecular flexibility index (Phi) is 8.23. The van der Waals surface area contributed by atoms with Crippen molar-refractivity contribution in [2.45, 2.75) is 19.3 Å². The molecule has 0 aliphatic heterocycles. The Labute approximate surface area is 179 Å². The maximum atomic E-state index is 13.3. The number of ketones is 1. The van der Waals surface area contributed by atoms with Crippen molar-refractivity contribution in [3.05, 3.63) is 69.7 Å². The second kappa shape index (κ2) is 10.4. The molecular formula is C22H22Cl2O5. The molecule has 0 aromatic heterocycles. The zero-order valence-electron chi connectivity index (χ0n) is 16.4. The number of halogens is 2. The van der Waals surface area contributed by atoms with Crippen LogP contribution < -0.4 is 0 Å². The van der Waals surface area contributed by atoms with Gasteiger partial charge in [0.1, 0.15) is 0 Å². The number of hydrogen-bond donors (Lipinski definition) is 0. The Morgan fingerprint density at radius 3 is 1.69 bits per heavy atom. The number of carbonyl (C=O) groups is 3. The number of ether oxygens (including phenoxy) is 2. The van der Waals surface area contributed by atoms with Gasteiger partial charge in [0.15, 0.2) is 11.7 Å². The molecule has 0 aliphatic rings. The van der Waals surface area contributed by atoms with Crippen molar-refractivity contribution in [2.75, 3.05) is 14.2 Å². The molecule has 2 aromatic carbocycles. The lowest BCUT2D eigenvalue weighted by atomic mass is 9.72. The molecule has 0 spiro atoms. The van der Waals surface area contributed by atoms with Gasteiger partial charge >= 0.3 is 11.9 Å². The minimum absolute atomic E-state index is 0.207. The Bertz CT molecular complexity index is 846. The molecule has 0 saturated carbocycles. The van der Waals surface area contributed by atoms with E-state index >= 15 is 0 Å². The molecule has 0 fully saturated rings. The second-order valence-corrected chi connectivity index (χ2v) is 7.36. The van der Waals surface area contributed by atoms with E-state index in [1.165, 1.54) is 14.2 Å². The van der Waals surface area contributed by atoms with Crippen molar-refractivity contribution in [3.63, 3.8) is 0 Å².